The summed E-state index contributed by atoms with van der Waals surface area (Å²) in [5.74, 6) is 1.44. The summed E-state index contributed by atoms with van der Waals surface area (Å²) >= 11 is 6.28. The average molecular weight is 268 g/mol. The molecule has 18 heavy (non-hydrogen) atoms. The van der Waals surface area contributed by atoms with E-state index >= 15 is 0 Å². The number of halogens is 1. The third kappa shape index (κ3) is 1.81. The van der Waals surface area contributed by atoms with Crippen molar-refractivity contribution >= 4 is 11.6 Å². The zero-order valence-electron chi connectivity index (χ0n) is 10.5. The molecular formula is C14H18ClNO2. The second-order valence-electron chi connectivity index (χ2n) is 5.08. The first kappa shape index (κ1) is 12.3. The van der Waals surface area contributed by atoms with Gasteiger partial charge in [-0.15, -0.1) is 0 Å². The smallest absolute Gasteiger partial charge is 0.137 e. The average Bonchev–Trinajstić information content (AvgIpc) is 2.24. The van der Waals surface area contributed by atoms with Gasteiger partial charge in [-0.05, 0) is 30.5 Å². The lowest BCUT2D eigenvalue weighted by Crippen LogP contribution is -2.62. The minimum absolute atomic E-state index is 0.166. The van der Waals surface area contributed by atoms with Gasteiger partial charge in [0.1, 0.15) is 5.75 Å². The maximum atomic E-state index is 6.28. The van der Waals surface area contributed by atoms with Gasteiger partial charge < -0.3 is 14.8 Å². The van der Waals surface area contributed by atoms with Crippen molar-refractivity contribution < 1.29 is 9.47 Å². The molecule has 1 aromatic carbocycles. The molecule has 2 aliphatic heterocycles. The van der Waals surface area contributed by atoms with Crippen LogP contribution in [-0.2, 0) is 10.2 Å². The molecule has 0 unspecified atom stereocenters. The third-order valence-corrected chi connectivity index (χ3v) is 4.38. The highest BCUT2D eigenvalue weighted by Gasteiger charge is 2.49. The van der Waals surface area contributed by atoms with Gasteiger partial charge >= 0.3 is 0 Å². The van der Waals surface area contributed by atoms with Crippen LogP contribution in [0.2, 0.25) is 5.02 Å². The van der Waals surface area contributed by atoms with Crippen molar-refractivity contribution in [3.05, 3.63) is 28.8 Å². The highest BCUT2D eigenvalue weighted by atomic mass is 35.5. The van der Waals surface area contributed by atoms with Crippen LogP contribution in [0.25, 0.3) is 0 Å². The number of hydrogen-bond donors (Lipinski definition) is 1. The second kappa shape index (κ2) is 4.72. The molecule has 0 aromatic heterocycles. The summed E-state index contributed by atoms with van der Waals surface area (Å²) in [4.78, 5) is 0. The van der Waals surface area contributed by atoms with Gasteiger partial charge in [0.25, 0.3) is 0 Å². The summed E-state index contributed by atoms with van der Waals surface area (Å²) in [6.45, 7) is 6.38. The Morgan fingerprint density at radius 3 is 2.67 bits per heavy atom. The van der Waals surface area contributed by atoms with Gasteiger partial charge in [-0.3, -0.25) is 0 Å². The Labute approximate surface area is 112 Å². The molecule has 2 fully saturated rings. The van der Waals surface area contributed by atoms with E-state index in [9.17, 15) is 0 Å². The molecule has 2 heterocycles. The standard InChI is InChI=1S/C14H18ClNO2/c1-2-18-13-4-3-10(5-12(13)15)14(8-17-9-14)11-6-16-7-11/h3-5,11,16H,2,6-9H2,1H3. The first-order valence-corrected chi connectivity index (χ1v) is 6.85. The number of ether oxygens (including phenoxy) is 2. The lowest BCUT2D eigenvalue weighted by Gasteiger charge is -2.51. The van der Waals surface area contributed by atoms with E-state index in [1.54, 1.807) is 0 Å². The Bertz CT molecular complexity index is 441. The van der Waals surface area contributed by atoms with Gasteiger partial charge in [0.05, 0.1) is 24.8 Å². The highest BCUT2D eigenvalue weighted by molar-refractivity contribution is 6.32. The molecule has 0 saturated carbocycles. The van der Waals surface area contributed by atoms with Crippen LogP contribution >= 0.6 is 11.6 Å². The van der Waals surface area contributed by atoms with Crippen LogP contribution in [0, 0.1) is 5.92 Å². The van der Waals surface area contributed by atoms with Crippen LogP contribution < -0.4 is 10.1 Å². The van der Waals surface area contributed by atoms with Gasteiger partial charge in [-0.1, -0.05) is 17.7 Å². The molecule has 0 bridgehead atoms. The Kier molecular flexibility index (Phi) is 3.22. The highest BCUT2D eigenvalue weighted by Crippen LogP contribution is 2.43. The fraction of sp³-hybridized carbons (Fsp3) is 0.571. The summed E-state index contributed by atoms with van der Waals surface area (Å²) in [7, 11) is 0. The van der Waals surface area contributed by atoms with Gasteiger partial charge in [-0.2, -0.15) is 0 Å². The monoisotopic (exact) mass is 267 g/mol. The van der Waals surface area contributed by atoms with Crippen molar-refractivity contribution in [1.82, 2.24) is 5.32 Å². The molecule has 2 saturated heterocycles. The summed E-state index contributed by atoms with van der Waals surface area (Å²) in [6.07, 6.45) is 0. The third-order valence-electron chi connectivity index (χ3n) is 4.09. The van der Waals surface area contributed by atoms with E-state index in [1.807, 2.05) is 19.1 Å². The van der Waals surface area contributed by atoms with Gasteiger partial charge in [0, 0.05) is 18.5 Å². The van der Waals surface area contributed by atoms with E-state index in [0.717, 1.165) is 32.1 Å². The zero-order chi connectivity index (χ0) is 12.6. The summed E-state index contributed by atoms with van der Waals surface area (Å²) in [5, 5.41) is 4.04. The largest absolute Gasteiger partial charge is 0.492 e. The van der Waals surface area contributed by atoms with Gasteiger partial charge in [0.2, 0.25) is 0 Å². The van der Waals surface area contributed by atoms with Crippen molar-refractivity contribution in [2.24, 2.45) is 5.92 Å². The van der Waals surface area contributed by atoms with Crippen molar-refractivity contribution in [3.8, 4) is 5.75 Å². The Morgan fingerprint density at radius 1 is 1.44 bits per heavy atom. The summed E-state index contributed by atoms with van der Waals surface area (Å²) < 4.78 is 10.9. The van der Waals surface area contributed by atoms with Gasteiger partial charge in [-0.25, -0.2) is 0 Å². The van der Waals surface area contributed by atoms with Crippen molar-refractivity contribution in [3.63, 3.8) is 0 Å². The van der Waals surface area contributed by atoms with E-state index in [-0.39, 0.29) is 5.41 Å². The fourth-order valence-electron chi connectivity index (χ4n) is 2.72. The predicted octanol–water partition coefficient (Wildman–Crippen LogP) is 2.23. The number of rotatable bonds is 4. The molecule has 0 aliphatic carbocycles. The molecule has 1 aromatic rings. The molecule has 4 heteroatoms. The molecule has 98 valence electrons. The normalized spacial score (nSPS) is 22.1. The minimum atomic E-state index is 0.166. The molecule has 1 N–H and O–H groups in total. The van der Waals surface area contributed by atoms with Crippen LogP contribution in [0.1, 0.15) is 12.5 Å². The Morgan fingerprint density at radius 2 is 2.22 bits per heavy atom. The number of nitrogens with one attached hydrogen (secondary N) is 1. The fourth-order valence-corrected chi connectivity index (χ4v) is 2.96. The van der Waals surface area contributed by atoms with Crippen LogP contribution in [0.4, 0.5) is 0 Å². The first-order valence-electron chi connectivity index (χ1n) is 6.47. The van der Waals surface area contributed by atoms with E-state index in [4.69, 9.17) is 21.1 Å². The zero-order valence-corrected chi connectivity index (χ0v) is 11.3. The molecule has 0 spiro atoms. The summed E-state index contributed by atoms with van der Waals surface area (Å²) in [5.41, 5.74) is 1.45. The first-order chi connectivity index (χ1) is 8.76. The maximum Gasteiger partial charge on any atom is 0.137 e. The number of hydrogen-bond acceptors (Lipinski definition) is 3. The van der Waals surface area contributed by atoms with Crippen LogP contribution in [-0.4, -0.2) is 32.9 Å². The quantitative estimate of drug-likeness (QED) is 0.908. The van der Waals surface area contributed by atoms with Crippen LogP contribution in [0.3, 0.4) is 0 Å². The van der Waals surface area contributed by atoms with E-state index < -0.39 is 0 Å². The lowest BCUT2D eigenvalue weighted by molar-refractivity contribution is -0.101. The minimum Gasteiger partial charge on any atom is -0.492 e. The van der Waals surface area contributed by atoms with E-state index in [1.165, 1.54) is 5.56 Å². The van der Waals surface area contributed by atoms with E-state index in [0.29, 0.717) is 17.5 Å². The van der Waals surface area contributed by atoms with Crippen molar-refractivity contribution in [2.45, 2.75) is 12.3 Å². The molecular weight excluding hydrogens is 250 g/mol. The second-order valence-corrected chi connectivity index (χ2v) is 5.49. The maximum absolute atomic E-state index is 6.28. The molecule has 3 nitrogen and oxygen atoms in total. The Hall–Kier alpha value is -0.770. The van der Waals surface area contributed by atoms with Crippen molar-refractivity contribution in [1.29, 1.82) is 0 Å². The molecule has 0 radical (unpaired) electrons. The van der Waals surface area contributed by atoms with E-state index in [2.05, 4.69) is 11.4 Å². The lowest BCUT2D eigenvalue weighted by atomic mass is 9.66. The van der Waals surface area contributed by atoms with Crippen molar-refractivity contribution in [2.75, 3.05) is 32.9 Å². The summed E-state index contributed by atoms with van der Waals surface area (Å²) in [6, 6.07) is 6.17. The van der Waals surface area contributed by atoms with Gasteiger partial charge in [0.15, 0.2) is 0 Å². The molecule has 0 amide bonds. The predicted molar refractivity (Wildman–Crippen MR) is 71.5 cm³/mol. The SMILES string of the molecule is CCOc1ccc(C2(C3CNC3)COC2)cc1Cl. The van der Waals surface area contributed by atoms with Crippen LogP contribution in [0.15, 0.2) is 18.2 Å². The molecule has 0 atom stereocenters. The molecule has 3 rings (SSSR count). The Balaban J connectivity index is 1.88. The molecule has 2 aliphatic rings. The van der Waals surface area contributed by atoms with Crippen LogP contribution in [0.5, 0.6) is 5.75 Å². The topological polar surface area (TPSA) is 30.5 Å². The number of benzene rings is 1.